The number of fused-ring (bicyclic) bond motifs is 1. The minimum atomic E-state index is 0.109. The zero-order valence-electron chi connectivity index (χ0n) is 9.25. The number of ether oxygens (including phenoxy) is 1. The van der Waals surface area contributed by atoms with E-state index in [0.29, 0.717) is 0 Å². The Morgan fingerprint density at radius 1 is 1.39 bits per heavy atom. The quantitative estimate of drug-likeness (QED) is 0.589. The molecular formula is C13H9Br2ClOS. The number of rotatable bonds is 2. The summed E-state index contributed by atoms with van der Waals surface area (Å²) in [6.45, 7) is 0.744. The Kier molecular flexibility index (Phi) is 3.72. The summed E-state index contributed by atoms with van der Waals surface area (Å²) in [5, 5.41) is 2.84. The van der Waals surface area contributed by atoms with Gasteiger partial charge in [0.25, 0.3) is 0 Å². The summed E-state index contributed by atoms with van der Waals surface area (Å²) in [6.07, 6.45) is 0.939. The number of hydrogen-bond donors (Lipinski definition) is 0. The maximum Gasteiger partial charge on any atom is 0.127 e. The molecule has 1 aliphatic heterocycles. The molecule has 94 valence electrons. The Morgan fingerprint density at radius 3 is 2.94 bits per heavy atom. The molecule has 1 atom stereocenters. The molecule has 0 radical (unpaired) electrons. The number of benzene rings is 1. The highest BCUT2D eigenvalue weighted by Gasteiger charge is 2.24. The van der Waals surface area contributed by atoms with E-state index in [2.05, 4.69) is 43.3 Å². The molecule has 0 fully saturated rings. The van der Waals surface area contributed by atoms with E-state index in [4.69, 9.17) is 16.3 Å². The lowest BCUT2D eigenvalue weighted by atomic mass is 10.0. The number of thiophene rings is 1. The highest BCUT2D eigenvalue weighted by Crippen LogP contribution is 2.45. The summed E-state index contributed by atoms with van der Waals surface area (Å²) in [4.78, 5) is 1.34. The third kappa shape index (κ3) is 2.24. The first-order chi connectivity index (χ1) is 8.66. The lowest BCUT2D eigenvalue weighted by Gasteiger charge is -2.14. The van der Waals surface area contributed by atoms with Gasteiger partial charge < -0.3 is 4.74 Å². The van der Waals surface area contributed by atoms with Gasteiger partial charge in [0, 0.05) is 26.4 Å². The minimum absolute atomic E-state index is 0.109. The summed E-state index contributed by atoms with van der Waals surface area (Å²) in [5.74, 6) is 0.988. The van der Waals surface area contributed by atoms with Crippen LogP contribution in [0, 0.1) is 0 Å². The van der Waals surface area contributed by atoms with Crippen molar-refractivity contribution >= 4 is 54.8 Å². The maximum absolute atomic E-state index is 6.19. The lowest BCUT2D eigenvalue weighted by Crippen LogP contribution is -1.96. The van der Waals surface area contributed by atoms with Gasteiger partial charge in [0.2, 0.25) is 0 Å². The molecule has 3 rings (SSSR count). The van der Waals surface area contributed by atoms with Crippen molar-refractivity contribution in [2.45, 2.75) is 11.2 Å². The fourth-order valence-electron chi connectivity index (χ4n) is 2.11. The van der Waals surface area contributed by atoms with E-state index in [1.54, 1.807) is 11.3 Å². The van der Waals surface area contributed by atoms with Crippen molar-refractivity contribution in [3.63, 3.8) is 0 Å². The molecule has 0 spiro atoms. The first kappa shape index (κ1) is 13.0. The van der Waals surface area contributed by atoms with Crippen LogP contribution >= 0.6 is 54.8 Å². The third-order valence-electron chi connectivity index (χ3n) is 2.93. The summed E-state index contributed by atoms with van der Waals surface area (Å²) >= 11 is 15.2. The Morgan fingerprint density at radius 2 is 2.22 bits per heavy atom. The van der Waals surface area contributed by atoms with E-state index in [-0.39, 0.29) is 4.83 Å². The van der Waals surface area contributed by atoms with E-state index >= 15 is 0 Å². The molecule has 1 unspecified atom stereocenters. The molecule has 1 aromatic carbocycles. The smallest absolute Gasteiger partial charge is 0.127 e. The van der Waals surface area contributed by atoms with Gasteiger partial charge in [-0.25, -0.2) is 0 Å². The molecule has 0 aliphatic carbocycles. The lowest BCUT2D eigenvalue weighted by molar-refractivity contribution is 0.354. The van der Waals surface area contributed by atoms with E-state index in [0.717, 1.165) is 33.8 Å². The van der Waals surface area contributed by atoms with E-state index in [1.807, 2.05) is 12.1 Å². The topological polar surface area (TPSA) is 9.23 Å². The van der Waals surface area contributed by atoms with Crippen LogP contribution in [0.25, 0.3) is 0 Å². The predicted octanol–water partition coefficient (Wildman–Crippen LogP) is 5.58. The number of alkyl halides is 1. The van der Waals surface area contributed by atoms with Crippen molar-refractivity contribution in [3.05, 3.63) is 49.1 Å². The van der Waals surface area contributed by atoms with Crippen LogP contribution in [0.1, 0.15) is 20.8 Å². The molecule has 1 aliphatic rings. The van der Waals surface area contributed by atoms with Gasteiger partial charge in [-0.1, -0.05) is 27.5 Å². The minimum Gasteiger partial charge on any atom is -0.493 e. The van der Waals surface area contributed by atoms with Gasteiger partial charge >= 0.3 is 0 Å². The summed E-state index contributed by atoms with van der Waals surface area (Å²) in [7, 11) is 0. The van der Waals surface area contributed by atoms with Crippen LogP contribution in [0.4, 0.5) is 0 Å². The first-order valence-corrected chi connectivity index (χ1v) is 8.45. The second-order valence-corrected chi connectivity index (χ2v) is 7.23. The van der Waals surface area contributed by atoms with Crippen molar-refractivity contribution in [3.8, 4) is 5.75 Å². The Hall–Kier alpha value is -0.0300. The third-order valence-corrected chi connectivity index (χ3v) is 6.33. The molecule has 5 heteroatoms. The Labute approximate surface area is 131 Å². The average Bonchev–Trinajstić information content (AvgIpc) is 2.95. The SMILES string of the molecule is Clc1cc2c(c(C(Br)c3sccc3Br)c1)OCC2. The van der Waals surface area contributed by atoms with Gasteiger partial charge in [-0.15, -0.1) is 11.3 Å². The molecular weight excluding hydrogens is 399 g/mol. The van der Waals surface area contributed by atoms with Gasteiger partial charge in [0.05, 0.1) is 11.4 Å². The van der Waals surface area contributed by atoms with Crippen LogP contribution < -0.4 is 4.74 Å². The second-order valence-electron chi connectivity index (χ2n) is 4.08. The van der Waals surface area contributed by atoms with Crippen molar-refractivity contribution in [1.29, 1.82) is 0 Å². The van der Waals surface area contributed by atoms with Gasteiger partial charge in [0.15, 0.2) is 0 Å². The van der Waals surface area contributed by atoms with Crippen LogP contribution in [0.15, 0.2) is 28.1 Å². The van der Waals surface area contributed by atoms with Crippen LogP contribution in [0.2, 0.25) is 5.02 Å². The average molecular weight is 409 g/mol. The first-order valence-electron chi connectivity index (χ1n) is 5.49. The zero-order chi connectivity index (χ0) is 12.7. The largest absolute Gasteiger partial charge is 0.493 e. The molecule has 2 aromatic rings. The van der Waals surface area contributed by atoms with Crippen LogP contribution in [-0.4, -0.2) is 6.61 Å². The molecule has 0 N–H and O–H groups in total. The van der Waals surface area contributed by atoms with Gasteiger partial charge in [-0.3, -0.25) is 0 Å². The summed E-state index contributed by atoms with van der Waals surface area (Å²) in [5.41, 5.74) is 2.31. The molecule has 1 aromatic heterocycles. The fraction of sp³-hybridized carbons (Fsp3) is 0.231. The molecule has 0 saturated carbocycles. The van der Waals surface area contributed by atoms with Gasteiger partial charge in [-0.2, -0.15) is 0 Å². The maximum atomic E-state index is 6.19. The van der Waals surface area contributed by atoms with Crippen molar-refractivity contribution < 1.29 is 4.74 Å². The highest BCUT2D eigenvalue weighted by molar-refractivity contribution is 9.11. The molecule has 0 amide bonds. The van der Waals surface area contributed by atoms with Crippen molar-refractivity contribution in [2.75, 3.05) is 6.61 Å². The zero-order valence-corrected chi connectivity index (χ0v) is 14.0. The number of hydrogen-bond acceptors (Lipinski definition) is 2. The van der Waals surface area contributed by atoms with E-state index in [9.17, 15) is 0 Å². The van der Waals surface area contributed by atoms with Gasteiger partial charge in [0.1, 0.15) is 5.75 Å². The molecule has 0 saturated heterocycles. The van der Waals surface area contributed by atoms with E-state index < -0.39 is 0 Å². The normalized spacial score (nSPS) is 15.3. The Bertz CT molecular complexity index is 597. The standard InChI is InChI=1S/C13H9Br2ClOS/c14-10-2-4-18-13(10)11(15)9-6-8(16)5-7-1-3-17-12(7)9/h2,4-6,11H,1,3H2. The van der Waals surface area contributed by atoms with Crippen LogP contribution in [-0.2, 0) is 6.42 Å². The predicted molar refractivity (Wildman–Crippen MR) is 83.4 cm³/mol. The second kappa shape index (κ2) is 5.16. The molecule has 0 bridgehead atoms. The summed E-state index contributed by atoms with van der Waals surface area (Å²) in [6, 6.07) is 6.04. The van der Waals surface area contributed by atoms with E-state index in [1.165, 1.54) is 10.4 Å². The molecule has 2 heterocycles. The van der Waals surface area contributed by atoms with Crippen LogP contribution in [0.3, 0.4) is 0 Å². The van der Waals surface area contributed by atoms with Crippen molar-refractivity contribution in [1.82, 2.24) is 0 Å². The fourth-order valence-corrected chi connectivity index (χ4v) is 5.17. The monoisotopic (exact) mass is 406 g/mol. The Balaban J connectivity index is 2.10. The van der Waals surface area contributed by atoms with Gasteiger partial charge in [-0.05, 0) is 45.1 Å². The van der Waals surface area contributed by atoms with Crippen LogP contribution in [0.5, 0.6) is 5.75 Å². The number of halogens is 3. The molecule has 1 nitrogen and oxygen atoms in total. The van der Waals surface area contributed by atoms with Crippen molar-refractivity contribution in [2.24, 2.45) is 0 Å². The molecule has 18 heavy (non-hydrogen) atoms. The summed E-state index contributed by atoms with van der Waals surface area (Å²) < 4.78 is 6.86. The highest BCUT2D eigenvalue weighted by atomic mass is 79.9.